The Balaban J connectivity index is 1.77. The highest BCUT2D eigenvalue weighted by molar-refractivity contribution is 9.10. The molecule has 1 fully saturated rings. The molecule has 1 aromatic heterocycles. The van der Waals surface area contributed by atoms with Gasteiger partial charge in [-0.25, -0.2) is 4.98 Å². The van der Waals surface area contributed by atoms with Gasteiger partial charge < -0.3 is 10.2 Å². The third kappa shape index (κ3) is 3.27. The summed E-state index contributed by atoms with van der Waals surface area (Å²) >= 11 is 10.9. The number of nitrogens with zero attached hydrogens (tertiary/aromatic N) is 2. The highest BCUT2D eigenvalue weighted by Gasteiger charge is 2.16. The molecule has 3 rings (SSSR count). The summed E-state index contributed by atoms with van der Waals surface area (Å²) in [5.74, 6) is 0. The summed E-state index contributed by atoms with van der Waals surface area (Å²) in [6.45, 7) is 3.03. The van der Waals surface area contributed by atoms with E-state index in [9.17, 15) is 0 Å². The van der Waals surface area contributed by atoms with Crippen LogP contribution in [-0.2, 0) is 6.54 Å². The SMILES string of the molecule is Clc1ncc(CNc2ccc(Br)cc2N2CCCC2)s1. The molecule has 2 aromatic rings. The van der Waals surface area contributed by atoms with Crippen LogP contribution < -0.4 is 10.2 Å². The number of nitrogens with one attached hydrogen (secondary N) is 1. The smallest absolute Gasteiger partial charge is 0.183 e. The van der Waals surface area contributed by atoms with E-state index >= 15 is 0 Å². The van der Waals surface area contributed by atoms with Gasteiger partial charge in [0.05, 0.1) is 17.9 Å². The monoisotopic (exact) mass is 371 g/mol. The van der Waals surface area contributed by atoms with Crippen molar-refractivity contribution in [1.29, 1.82) is 0 Å². The van der Waals surface area contributed by atoms with Gasteiger partial charge in [-0.15, -0.1) is 11.3 Å². The molecule has 1 aliphatic rings. The number of halogens is 2. The maximum absolute atomic E-state index is 5.86. The molecule has 1 N–H and O–H groups in total. The fraction of sp³-hybridized carbons (Fsp3) is 0.357. The van der Waals surface area contributed by atoms with Gasteiger partial charge in [-0.05, 0) is 31.0 Å². The van der Waals surface area contributed by atoms with Crippen LogP contribution in [0.4, 0.5) is 11.4 Å². The lowest BCUT2D eigenvalue weighted by Gasteiger charge is -2.22. The molecular weight excluding hydrogens is 358 g/mol. The topological polar surface area (TPSA) is 28.2 Å². The van der Waals surface area contributed by atoms with E-state index < -0.39 is 0 Å². The first-order chi connectivity index (χ1) is 9.72. The molecule has 1 saturated heterocycles. The summed E-state index contributed by atoms with van der Waals surface area (Å²) in [5.41, 5.74) is 2.44. The van der Waals surface area contributed by atoms with Gasteiger partial charge in [-0.3, -0.25) is 0 Å². The molecule has 3 nitrogen and oxygen atoms in total. The van der Waals surface area contributed by atoms with Gasteiger partial charge >= 0.3 is 0 Å². The number of hydrogen-bond acceptors (Lipinski definition) is 4. The van der Waals surface area contributed by atoms with Gasteiger partial charge in [-0.2, -0.15) is 0 Å². The Hall–Kier alpha value is -0.780. The Morgan fingerprint density at radius 3 is 2.85 bits per heavy atom. The van der Waals surface area contributed by atoms with Crippen LogP contribution in [0.2, 0.25) is 4.47 Å². The first kappa shape index (κ1) is 14.2. The van der Waals surface area contributed by atoms with Crippen molar-refractivity contribution in [2.24, 2.45) is 0 Å². The zero-order valence-corrected chi connectivity index (χ0v) is 14.1. The average molecular weight is 373 g/mol. The minimum absolute atomic E-state index is 0.595. The molecule has 0 radical (unpaired) electrons. The lowest BCUT2D eigenvalue weighted by molar-refractivity contribution is 0.949. The Morgan fingerprint density at radius 2 is 2.15 bits per heavy atom. The van der Waals surface area contributed by atoms with Gasteiger partial charge in [-0.1, -0.05) is 27.5 Å². The molecule has 0 bridgehead atoms. The highest BCUT2D eigenvalue weighted by atomic mass is 79.9. The number of anilines is 2. The Morgan fingerprint density at radius 1 is 1.35 bits per heavy atom. The second kappa shape index (κ2) is 6.33. The van der Waals surface area contributed by atoms with Crippen molar-refractivity contribution < 1.29 is 0 Å². The summed E-state index contributed by atoms with van der Waals surface area (Å²) in [6, 6.07) is 6.38. The largest absolute Gasteiger partial charge is 0.378 e. The van der Waals surface area contributed by atoms with E-state index in [1.165, 1.54) is 35.6 Å². The van der Waals surface area contributed by atoms with Crippen molar-refractivity contribution >= 4 is 50.2 Å². The fourth-order valence-electron chi connectivity index (χ4n) is 2.42. The maximum Gasteiger partial charge on any atom is 0.183 e. The Labute approximate surface area is 136 Å². The number of benzene rings is 1. The molecular formula is C14H15BrClN3S. The van der Waals surface area contributed by atoms with Crippen LogP contribution in [0.5, 0.6) is 0 Å². The van der Waals surface area contributed by atoms with Gasteiger partial charge in [0.2, 0.25) is 0 Å². The van der Waals surface area contributed by atoms with Gasteiger partial charge in [0, 0.05) is 28.6 Å². The average Bonchev–Trinajstić information content (AvgIpc) is 3.08. The van der Waals surface area contributed by atoms with Crippen molar-refractivity contribution in [1.82, 2.24) is 4.98 Å². The molecule has 0 amide bonds. The molecule has 6 heteroatoms. The first-order valence-corrected chi connectivity index (χ1v) is 8.60. The van der Waals surface area contributed by atoms with E-state index in [1.54, 1.807) is 0 Å². The summed E-state index contributed by atoms with van der Waals surface area (Å²) in [7, 11) is 0. The van der Waals surface area contributed by atoms with Crippen LogP contribution in [0, 0.1) is 0 Å². The van der Waals surface area contributed by atoms with Crippen LogP contribution in [0.3, 0.4) is 0 Å². The third-order valence-electron chi connectivity index (χ3n) is 3.38. The van der Waals surface area contributed by atoms with E-state index in [-0.39, 0.29) is 0 Å². The van der Waals surface area contributed by atoms with Gasteiger partial charge in [0.1, 0.15) is 0 Å². The lowest BCUT2D eigenvalue weighted by Crippen LogP contribution is -2.19. The van der Waals surface area contributed by atoms with Crippen molar-refractivity contribution in [3.8, 4) is 0 Å². The van der Waals surface area contributed by atoms with E-state index in [1.807, 2.05) is 6.20 Å². The zero-order chi connectivity index (χ0) is 13.9. The first-order valence-electron chi connectivity index (χ1n) is 6.61. The van der Waals surface area contributed by atoms with Crippen molar-refractivity contribution in [3.63, 3.8) is 0 Å². The predicted octanol–water partition coefficient (Wildman–Crippen LogP) is 4.77. The second-order valence-corrected chi connectivity index (χ2v) is 7.40. The number of aromatic nitrogens is 1. The molecule has 0 saturated carbocycles. The molecule has 0 aliphatic carbocycles. The Kier molecular flexibility index (Phi) is 4.48. The molecule has 20 heavy (non-hydrogen) atoms. The molecule has 2 heterocycles. The van der Waals surface area contributed by atoms with E-state index in [2.05, 4.69) is 49.3 Å². The van der Waals surface area contributed by atoms with Gasteiger partial charge in [0.15, 0.2) is 4.47 Å². The summed E-state index contributed by atoms with van der Waals surface area (Å²) in [6.07, 6.45) is 4.38. The van der Waals surface area contributed by atoms with Crippen LogP contribution in [-0.4, -0.2) is 18.1 Å². The second-order valence-electron chi connectivity index (χ2n) is 4.79. The third-order valence-corrected chi connectivity index (χ3v) is 4.99. The van der Waals surface area contributed by atoms with Crippen molar-refractivity contribution in [3.05, 3.63) is 38.2 Å². The van der Waals surface area contributed by atoms with Crippen LogP contribution in [0.25, 0.3) is 0 Å². The van der Waals surface area contributed by atoms with Gasteiger partial charge in [0.25, 0.3) is 0 Å². The van der Waals surface area contributed by atoms with Crippen LogP contribution in [0.1, 0.15) is 17.7 Å². The number of thiazole rings is 1. The standard InChI is InChI=1S/C14H15BrClN3S/c15-10-3-4-12(13(7-10)19-5-1-2-6-19)17-8-11-9-18-14(16)20-11/h3-4,7,9,17H,1-2,5-6,8H2. The van der Waals surface area contributed by atoms with E-state index in [0.717, 1.165) is 29.0 Å². The van der Waals surface area contributed by atoms with Crippen LogP contribution >= 0.6 is 38.9 Å². The van der Waals surface area contributed by atoms with E-state index in [4.69, 9.17) is 11.6 Å². The predicted molar refractivity (Wildman–Crippen MR) is 90.0 cm³/mol. The normalized spacial score (nSPS) is 14.8. The molecule has 0 atom stereocenters. The molecule has 0 spiro atoms. The molecule has 0 unspecified atom stereocenters. The minimum atomic E-state index is 0.595. The summed E-state index contributed by atoms with van der Waals surface area (Å²) in [5, 5.41) is 3.50. The lowest BCUT2D eigenvalue weighted by atomic mass is 10.2. The zero-order valence-electron chi connectivity index (χ0n) is 10.9. The molecule has 1 aromatic carbocycles. The highest BCUT2D eigenvalue weighted by Crippen LogP contribution is 2.32. The molecule has 106 valence electrons. The number of rotatable bonds is 4. The summed E-state index contributed by atoms with van der Waals surface area (Å²) < 4.78 is 1.71. The van der Waals surface area contributed by atoms with Crippen molar-refractivity contribution in [2.75, 3.05) is 23.3 Å². The van der Waals surface area contributed by atoms with Crippen molar-refractivity contribution in [2.45, 2.75) is 19.4 Å². The Bertz CT molecular complexity index is 596. The fourth-order valence-corrected chi connectivity index (χ4v) is 3.69. The van der Waals surface area contributed by atoms with E-state index in [0.29, 0.717) is 4.47 Å². The summed E-state index contributed by atoms with van der Waals surface area (Å²) in [4.78, 5) is 7.65. The quantitative estimate of drug-likeness (QED) is 0.838. The minimum Gasteiger partial charge on any atom is -0.378 e. The van der Waals surface area contributed by atoms with Crippen LogP contribution in [0.15, 0.2) is 28.9 Å². The molecule has 1 aliphatic heterocycles. The maximum atomic E-state index is 5.86. The number of hydrogen-bond donors (Lipinski definition) is 1.